The Balaban J connectivity index is 1.96. The van der Waals surface area contributed by atoms with E-state index < -0.39 is 0 Å². The van der Waals surface area contributed by atoms with E-state index in [-0.39, 0.29) is 5.91 Å². The maximum absolute atomic E-state index is 12.5. The monoisotopic (exact) mass is 330 g/mol. The van der Waals surface area contributed by atoms with Gasteiger partial charge in [0, 0.05) is 35.4 Å². The topological polar surface area (TPSA) is 42.4 Å². The normalized spacial score (nSPS) is 14.1. The molecule has 0 unspecified atom stereocenters. The molecule has 1 amide bonds. The van der Waals surface area contributed by atoms with Crippen molar-refractivity contribution in [1.82, 2.24) is 9.88 Å². The maximum atomic E-state index is 12.5. The van der Waals surface area contributed by atoms with Crippen LogP contribution in [0.15, 0.2) is 36.5 Å². The van der Waals surface area contributed by atoms with Crippen LogP contribution in [0, 0.1) is 0 Å². The number of hydrogen-bond acceptors (Lipinski definition) is 3. The van der Waals surface area contributed by atoms with E-state index in [2.05, 4.69) is 4.98 Å². The van der Waals surface area contributed by atoms with Crippen LogP contribution in [0.25, 0.3) is 11.3 Å². The Kier molecular flexibility index (Phi) is 4.82. The highest BCUT2D eigenvalue weighted by Crippen LogP contribution is 2.32. The number of benzene rings is 1. The summed E-state index contributed by atoms with van der Waals surface area (Å²) in [6, 6.07) is 9.01. The predicted octanol–water partition coefficient (Wildman–Crippen LogP) is 4.04. The molecule has 1 fully saturated rings. The molecule has 1 aromatic heterocycles. The molecule has 1 saturated heterocycles. The van der Waals surface area contributed by atoms with E-state index in [4.69, 9.17) is 16.3 Å². The van der Waals surface area contributed by atoms with Crippen molar-refractivity contribution in [2.45, 2.75) is 19.8 Å². The first-order valence-corrected chi connectivity index (χ1v) is 8.25. The summed E-state index contributed by atoms with van der Waals surface area (Å²) in [7, 11) is 0. The van der Waals surface area contributed by atoms with Crippen LogP contribution in [0.3, 0.4) is 0 Å². The third kappa shape index (κ3) is 3.48. The summed E-state index contributed by atoms with van der Waals surface area (Å²) in [4.78, 5) is 18.8. The average Bonchev–Trinajstić information content (AvgIpc) is 3.10. The zero-order valence-electron chi connectivity index (χ0n) is 13.1. The molecule has 0 aliphatic carbocycles. The van der Waals surface area contributed by atoms with Crippen LogP contribution in [0.4, 0.5) is 0 Å². The van der Waals surface area contributed by atoms with Gasteiger partial charge in [-0.25, -0.2) is 0 Å². The van der Waals surface area contributed by atoms with E-state index in [1.165, 1.54) is 0 Å². The van der Waals surface area contributed by atoms with E-state index in [9.17, 15) is 4.79 Å². The first-order valence-electron chi connectivity index (χ1n) is 7.87. The molecule has 0 saturated carbocycles. The fourth-order valence-corrected chi connectivity index (χ4v) is 2.97. The van der Waals surface area contributed by atoms with Crippen molar-refractivity contribution in [3.63, 3.8) is 0 Å². The molecule has 1 aromatic carbocycles. The predicted molar refractivity (Wildman–Crippen MR) is 91.0 cm³/mol. The van der Waals surface area contributed by atoms with Gasteiger partial charge in [-0.1, -0.05) is 11.6 Å². The molecule has 1 aliphatic heterocycles. The summed E-state index contributed by atoms with van der Waals surface area (Å²) in [5, 5.41) is 0.613. The highest BCUT2D eigenvalue weighted by Gasteiger charge is 2.20. The summed E-state index contributed by atoms with van der Waals surface area (Å²) < 4.78 is 5.65. The molecular formula is C18H19ClN2O2. The molecule has 2 heterocycles. The number of pyridine rings is 1. The number of halogens is 1. The lowest BCUT2D eigenvalue weighted by Gasteiger charge is -2.16. The number of nitrogens with zero attached hydrogens (tertiary/aromatic N) is 2. The molecule has 2 aromatic rings. The van der Waals surface area contributed by atoms with Crippen LogP contribution in [0.1, 0.15) is 30.1 Å². The second kappa shape index (κ2) is 7.01. The van der Waals surface area contributed by atoms with Gasteiger partial charge in [-0.2, -0.15) is 0 Å². The SMILES string of the molecule is CCOc1ccc(Cl)cc1-c1cc(C(=O)N2CCCC2)ccn1. The summed E-state index contributed by atoms with van der Waals surface area (Å²) >= 11 is 6.11. The van der Waals surface area contributed by atoms with Crippen LogP contribution in [-0.4, -0.2) is 35.5 Å². The van der Waals surface area contributed by atoms with Crippen molar-refractivity contribution in [2.75, 3.05) is 19.7 Å². The number of ether oxygens (including phenoxy) is 1. The van der Waals surface area contributed by atoms with E-state index in [1.54, 1.807) is 18.3 Å². The zero-order chi connectivity index (χ0) is 16.2. The fourth-order valence-electron chi connectivity index (χ4n) is 2.80. The Bertz CT molecular complexity index is 712. The molecule has 0 radical (unpaired) electrons. The summed E-state index contributed by atoms with van der Waals surface area (Å²) in [6.45, 7) is 4.15. The summed E-state index contributed by atoms with van der Waals surface area (Å²) in [6.07, 6.45) is 3.81. The number of carbonyl (C=O) groups is 1. The van der Waals surface area contributed by atoms with Gasteiger partial charge in [-0.15, -0.1) is 0 Å². The number of aromatic nitrogens is 1. The molecule has 0 bridgehead atoms. The van der Waals surface area contributed by atoms with E-state index in [0.29, 0.717) is 22.9 Å². The molecule has 1 aliphatic rings. The molecule has 23 heavy (non-hydrogen) atoms. The van der Waals surface area contributed by atoms with Crippen LogP contribution < -0.4 is 4.74 Å². The molecule has 4 nitrogen and oxygen atoms in total. The third-order valence-corrected chi connectivity index (χ3v) is 4.15. The van der Waals surface area contributed by atoms with Gasteiger partial charge in [0.05, 0.1) is 12.3 Å². The Morgan fingerprint density at radius 3 is 2.78 bits per heavy atom. The minimum atomic E-state index is 0.0612. The van der Waals surface area contributed by atoms with Gasteiger partial charge in [-0.3, -0.25) is 9.78 Å². The number of likely N-dealkylation sites (tertiary alicyclic amines) is 1. The second-order valence-electron chi connectivity index (χ2n) is 5.50. The average molecular weight is 331 g/mol. The van der Waals surface area contributed by atoms with Crippen molar-refractivity contribution >= 4 is 17.5 Å². The van der Waals surface area contributed by atoms with Crippen molar-refractivity contribution in [1.29, 1.82) is 0 Å². The second-order valence-corrected chi connectivity index (χ2v) is 5.94. The molecular weight excluding hydrogens is 312 g/mol. The lowest BCUT2D eigenvalue weighted by molar-refractivity contribution is 0.0792. The molecule has 0 spiro atoms. The van der Waals surface area contributed by atoms with Gasteiger partial charge in [-0.05, 0) is 50.1 Å². The van der Waals surface area contributed by atoms with Crippen molar-refractivity contribution in [2.24, 2.45) is 0 Å². The first-order chi connectivity index (χ1) is 11.2. The standard InChI is InChI=1S/C18H19ClN2O2/c1-2-23-17-6-5-14(19)12-15(17)16-11-13(7-8-20-16)18(22)21-9-3-4-10-21/h5-8,11-12H,2-4,9-10H2,1H3. The largest absolute Gasteiger partial charge is 0.493 e. The van der Waals surface area contributed by atoms with Crippen molar-refractivity contribution < 1.29 is 9.53 Å². The number of rotatable bonds is 4. The molecule has 0 N–H and O–H groups in total. The molecule has 120 valence electrons. The van der Waals surface area contributed by atoms with Gasteiger partial charge >= 0.3 is 0 Å². The smallest absolute Gasteiger partial charge is 0.253 e. The Labute approximate surface area is 141 Å². The van der Waals surface area contributed by atoms with Crippen LogP contribution in [0.5, 0.6) is 5.75 Å². The van der Waals surface area contributed by atoms with Gasteiger partial charge in [0.2, 0.25) is 0 Å². The zero-order valence-corrected chi connectivity index (χ0v) is 13.8. The van der Waals surface area contributed by atoms with Crippen LogP contribution >= 0.6 is 11.6 Å². The summed E-state index contributed by atoms with van der Waals surface area (Å²) in [5.41, 5.74) is 2.15. The quantitative estimate of drug-likeness (QED) is 0.849. The Morgan fingerprint density at radius 1 is 1.26 bits per heavy atom. The van der Waals surface area contributed by atoms with Crippen LogP contribution in [-0.2, 0) is 0 Å². The Hall–Kier alpha value is -2.07. The van der Waals surface area contributed by atoms with Gasteiger partial charge in [0.1, 0.15) is 5.75 Å². The Morgan fingerprint density at radius 2 is 2.04 bits per heavy atom. The van der Waals surface area contributed by atoms with Gasteiger partial charge < -0.3 is 9.64 Å². The van der Waals surface area contributed by atoms with Crippen molar-refractivity contribution in [3.05, 3.63) is 47.1 Å². The highest BCUT2D eigenvalue weighted by molar-refractivity contribution is 6.31. The maximum Gasteiger partial charge on any atom is 0.253 e. The van der Waals surface area contributed by atoms with Crippen molar-refractivity contribution in [3.8, 4) is 17.0 Å². The fraction of sp³-hybridized carbons (Fsp3) is 0.333. The number of amides is 1. The molecule has 0 atom stereocenters. The molecule has 3 rings (SSSR count). The highest BCUT2D eigenvalue weighted by atomic mass is 35.5. The summed E-state index contributed by atoms with van der Waals surface area (Å²) in [5.74, 6) is 0.779. The lowest BCUT2D eigenvalue weighted by Crippen LogP contribution is -2.27. The number of carbonyl (C=O) groups excluding carboxylic acids is 1. The number of hydrogen-bond donors (Lipinski definition) is 0. The molecule has 5 heteroatoms. The minimum Gasteiger partial charge on any atom is -0.493 e. The van der Waals surface area contributed by atoms with E-state index in [1.807, 2.05) is 30.0 Å². The van der Waals surface area contributed by atoms with Gasteiger partial charge in [0.15, 0.2) is 0 Å². The van der Waals surface area contributed by atoms with E-state index >= 15 is 0 Å². The van der Waals surface area contributed by atoms with E-state index in [0.717, 1.165) is 37.2 Å². The third-order valence-electron chi connectivity index (χ3n) is 3.92. The van der Waals surface area contributed by atoms with Crippen LogP contribution in [0.2, 0.25) is 5.02 Å². The minimum absolute atomic E-state index is 0.0612. The first kappa shape index (κ1) is 15.8. The lowest BCUT2D eigenvalue weighted by atomic mass is 10.1. The van der Waals surface area contributed by atoms with Gasteiger partial charge in [0.25, 0.3) is 5.91 Å².